The molecule has 0 spiro atoms. The van der Waals surface area contributed by atoms with Gasteiger partial charge in [-0.15, -0.1) is 0 Å². The predicted octanol–water partition coefficient (Wildman–Crippen LogP) is 5.85. The van der Waals surface area contributed by atoms with Crippen molar-refractivity contribution in [1.29, 1.82) is 0 Å². The van der Waals surface area contributed by atoms with Crippen LogP contribution in [-0.4, -0.2) is 26.4 Å². The highest BCUT2D eigenvalue weighted by atomic mass is 35.5. The lowest BCUT2D eigenvalue weighted by atomic mass is 9.98. The number of benzene rings is 3. The number of ether oxygens (including phenoxy) is 3. The molecule has 1 atom stereocenters. The first-order valence-corrected chi connectivity index (χ1v) is 10.1. The second-order valence-corrected chi connectivity index (χ2v) is 7.46. The second-order valence-electron chi connectivity index (χ2n) is 6.64. The number of nitrogens with one attached hydrogen (secondary N) is 1. The number of hydrogen-bond acceptors (Lipinski definition) is 5. The van der Waals surface area contributed by atoms with E-state index < -0.39 is 11.9 Å². The number of aliphatic hydroxyl groups is 1. The standard InChI is InChI=1S/C23H22Cl2FNO4/c1-29-15-6-4-13(20(11-15)31-3)12-27-18-8-5-14(24)10-16(18)23(28)21-17(26)7-9-19(30-2)22(21)25/h4-11,23,27-28H,12H2,1-3H3. The van der Waals surface area contributed by atoms with Gasteiger partial charge in [-0.2, -0.15) is 0 Å². The van der Waals surface area contributed by atoms with Crippen molar-refractivity contribution >= 4 is 28.9 Å². The minimum atomic E-state index is -1.37. The van der Waals surface area contributed by atoms with Gasteiger partial charge in [-0.25, -0.2) is 4.39 Å². The summed E-state index contributed by atoms with van der Waals surface area (Å²) >= 11 is 12.4. The summed E-state index contributed by atoms with van der Waals surface area (Å²) < 4.78 is 30.4. The molecular weight excluding hydrogens is 444 g/mol. The van der Waals surface area contributed by atoms with Crippen LogP contribution in [0.25, 0.3) is 0 Å². The molecule has 2 N–H and O–H groups in total. The zero-order chi connectivity index (χ0) is 22.5. The summed E-state index contributed by atoms with van der Waals surface area (Å²) in [5, 5.41) is 14.7. The van der Waals surface area contributed by atoms with Crippen LogP contribution in [0.15, 0.2) is 48.5 Å². The maximum atomic E-state index is 14.6. The molecular formula is C23H22Cl2FNO4. The van der Waals surface area contributed by atoms with Crippen LogP contribution < -0.4 is 19.5 Å². The molecule has 0 aromatic heterocycles. The van der Waals surface area contributed by atoms with Crippen LogP contribution in [-0.2, 0) is 6.54 Å². The molecule has 0 radical (unpaired) electrons. The monoisotopic (exact) mass is 465 g/mol. The van der Waals surface area contributed by atoms with Gasteiger partial charge in [-0.3, -0.25) is 0 Å². The molecule has 0 aliphatic heterocycles. The Balaban J connectivity index is 1.95. The molecule has 0 heterocycles. The van der Waals surface area contributed by atoms with Crippen molar-refractivity contribution in [3.05, 3.63) is 81.1 Å². The zero-order valence-corrected chi connectivity index (χ0v) is 18.7. The molecule has 3 rings (SSSR count). The molecule has 0 aliphatic rings. The van der Waals surface area contributed by atoms with Crippen LogP contribution in [0.2, 0.25) is 10.0 Å². The second kappa shape index (κ2) is 10.1. The van der Waals surface area contributed by atoms with Crippen molar-refractivity contribution in [2.45, 2.75) is 12.6 Å². The van der Waals surface area contributed by atoms with Crippen LogP contribution in [0.3, 0.4) is 0 Å². The maximum Gasteiger partial charge on any atom is 0.138 e. The zero-order valence-electron chi connectivity index (χ0n) is 17.2. The minimum absolute atomic E-state index is 0.00208. The summed E-state index contributed by atoms with van der Waals surface area (Å²) in [6.07, 6.45) is -1.37. The Morgan fingerprint density at radius 1 is 0.935 bits per heavy atom. The highest BCUT2D eigenvalue weighted by Gasteiger charge is 2.24. The van der Waals surface area contributed by atoms with E-state index in [2.05, 4.69) is 5.32 Å². The Hall–Kier alpha value is -2.67. The molecule has 8 heteroatoms. The third-order valence-corrected chi connectivity index (χ3v) is 5.48. The van der Waals surface area contributed by atoms with Crippen LogP contribution in [0.4, 0.5) is 10.1 Å². The van der Waals surface area contributed by atoms with Gasteiger partial charge in [0.1, 0.15) is 29.2 Å². The molecule has 0 aliphatic carbocycles. The van der Waals surface area contributed by atoms with E-state index in [1.54, 1.807) is 38.5 Å². The molecule has 0 bridgehead atoms. The summed E-state index contributed by atoms with van der Waals surface area (Å²) in [5.74, 6) is 0.925. The smallest absolute Gasteiger partial charge is 0.138 e. The van der Waals surface area contributed by atoms with Gasteiger partial charge in [0, 0.05) is 40.0 Å². The fraction of sp³-hybridized carbons (Fsp3) is 0.217. The topological polar surface area (TPSA) is 60.0 Å². The summed E-state index contributed by atoms with van der Waals surface area (Å²) in [5.41, 5.74) is 1.71. The van der Waals surface area contributed by atoms with Crippen LogP contribution >= 0.6 is 23.2 Å². The van der Waals surface area contributed by atoms with Gasteiger partial charge in [-0.05, 0) is 42.5 Å². The van der Waals surface area contributed by atoms with Crippen molar-refractivity contribution < 1.29 is 23.7 Å². The molecule has 0 fully saturated rings. The summed E-state index contributed by atoms with van der Waals surface area (Å²) in [6, 6.07) is 13.0. The Morgan fingerprint density at radius 3 is 2.35 bits per heavy atom. The maximum absolute atomic E-state index is 14.6. The van der Waals surface area contributed by atoms with E-state index in [9.17, 15) is 9.50 Å². The van der Waals surface area contributed by atoms with Gasteiger partial charge in [0.05, 0.1) is 26.4 Å². The van der Waals surface area contributed by atoms with Gasteiger partial charge in [0.15, 0.2) is 0 Å². The average Bonchev–Trinajstić information content (AvgIpc) is 2.78. The lowest BCUT2D eigenvalue weighted by Crippen LogP contribution is -2.10. The van der Waals surface area contributed by atoms with Crippen LogP contribution in [0.5, 0.6) is 17.2 Å². The van der Waals surface area contributed by atoms with E-state index in [4.69, 9.17) is 37.4 Å². The molecule has 164 valence electrons. The van der Waals surface area contributed by atoms with Crippen LogP contribution in [0.1, 0.15) is 22.8 Å². The summed E-state index contributed by atoms with van der Waals surface area (Å²) in [7, 11) is 4.57. The number of rotatable bonds is 8. The van der Waals surface area contributed by atoms with Crippen molar-refractivity contribution in [2.24, 2.45) is 0 Å². The third-order valence-electron chi connectivity index (χ3n) is 4.86. The Labute approximate surface area is 190 Å². The highest BCUT2D eigenvalue weighted by Crippen LogP contribution is 2.39. The van der Waals surface area contributed by atoms with Gasteiger partial charge in [0.2, 0.25) is 0 Å². The largest absolute Gasteiger partial charge is 0.497 e. The predicted molar refractivity (Wildman–Crippen MR) is 120 cm³/mol. The Morgan fingerprint density at radius 2 is 1.68 bits per heavy atom. The molecule has 3 aromatic carbocycles. The molecule has 0 saturated carbocycles. The number of methoxy groups -OCH3 is 3. The fourth-order valence-electron chi connectivity index (χ4n) is 3.22. The first-order valence-electron chi connectivity index (χ1n) is 9.33. The Bertz CT molecular complexity index is 1080. The SMILES string of the molecule is COc1ccc(CNc2ccc(Cl)cc2C(O)c2c(F)ccc(OC)c2Cl)c(OC)c1. The van der Waals surface area contributed by atoms with E-state index in [1.165, 1.54) is 19.2 Å². The Kier molecular flexibility index (Phi) is 7.49. The third kappa shape index (κ3) is 4.98. The lowest BCUT2D eigenvalue weighted by molar-refractivity contribution is 0.215. The van der Waals surface area contributed by atoms with E-state index in [0.717, 1.165) is 5.56 Å². The van der Waals surface area contributed by atoms with Gasteiger partial charge >= 0.3 is 0 Å². The van der Waals surface area contributed by atoms with E-state index >= 15 is 0 Å². The van der Waals surface area contributed by atoms with Crippen molar-refractivity contribution in [3.63, 3.8) is 0 Å². The van der Waals surface area contributed by atoms with E-state index in [1.807, 2.05) is 12.1 Å². The lowest BCUT2D eigenvalue weighted by Gasteiger charge is -2.20. The molecule has 5 nitrogen and oxygen atoms in total. The number of hydrogen-bond donors (Lipinski definition) is 2. The molecule has 1 unspecified atom stereocenters. The average molecular weight is 466 g/mol. The van der Waals surface area contributed by atoms with Gasteiger partial charge in [0.25, 0.3) is 0 Å². The molecule has 0 amide bonds. The quantitative estimate of drug-likeness (QED) is 0.436. The molecule has 0 saturated heterocycles. The van der Waals surface area contributed by atoms with Crippen molar-refractivity contribution in [3.8, 4) is 17.2 Å². The molecule has 3 aromatic rings. The van der Waals surface area contributed by atoms with Crippen molar-refractivity contribution in [2.75, 3.05) is 26.6 Å². The number of halogens is 3. The first-order chi connectivity index (χ1) is 14.9. The number of aliphatic hydroxyl groups excluding tert-OH is 1. The summed E-state index contributed by atoms with van der Waals surface area (Å²) in [4.78, 5) is 0. The van der Waals surface area contributed by atoms with Crippen molar-refractivity contribution in [1.82, 2.24) is 0 Å². The van der Waals surface area contributed by atoms with E-state index in [0.29, 0.717) is 34.3 Å². The van der Waals surface area contributed by atoms with Gasteiger partial charge in [-0.1, -0.05) is 23.2 Å². The summed E-state index contributed by atoms with van der Waals surface area (Å²) in [6.45, 7) is 0.378. The van der Waals surface area contributed by atoms with E-state index in [-0.39, 0.29) is 16.3 Å². The fourth-order valence-corrected chi connectivity index (χ4v) is 3.74. The normalized spacial score (nSPS) is 11.7. The van der Waals surface area contributed by atoms with Gasteiger partial charge < -0.3 is 24.6 Å². The number of anilines is 1. The highest BCUT2D eigenvalue weighted by molar-refractivity contribution is 6.33. The molecule has 31 heavy (non-hydrogen) atoms. The first kappa shape index (κ1) is 23.0. The minimum Gasteiger partial charge on any atom is -0.497 e. The van der Waals surface area contributed by atoms with Crippen LogP contribution in [0, 0.1) is 5.82 Å².